The Balaban J connectivity index is 1.83. The number of rotatable bonds is 3. The van der Waals surface area contributed by atoms with Crippen LogP contribution in [0, 0.1) is 0 Å². The van der Waals surface area contributed by atoms with Gasteiger partial charge in [-0.25, -0.2) is 4.98 Å². The molecule has 6 heteroatoms. The first-order chi connectivity index (χ1) is 9.67. The topological polar surface area (TPSA) is 87.3 Å². The van der Waals surface area contributed by atoms with Gasteiger partial charge in [-0.15, -0.1) is 0 Å². The summed E-state index contributed by atoms with van der Waals surface area (Å²) in [5.41, 5.74) is 6.93. The van der Waals surface area contributed by atoms with Crippen LogP contribution in [-0.2, 0) is 0 Å². The molecule has 6 nitrogen and oxygen atoms in total. The minimum absolute atomic E-state index is 0.0844. The summed E-state index contributed by atoms with van der Waals surface area (Å²) in [5.74, 6) is 1.70. The van der Waals surface area contributed by atoms with Crippen LogP contribution in [0.4, 0.5) is 11.8 Å². The molecule has 0 radical (unpaired) electrons. The van der Waals surface area contributed by atoms with Gasteiger partial charge < -0.3 is 21.1 Å². The third-order valence-electron chi connectivity index (χ3n) is 4.51. The molecule has 0 bridgehead atoms. The number of likely N-dealkylation sites (N-methyl/N-ethyl adjacent to an activating group) is 1. The predicted octanol–water partition coefficient (Wildman–Crippen LogP) is 0.485. The molecule has 2 heterocycles. The molecule has 110 valence electrons. The molecule has 1 aliphatic heterocycles. The molecule has 3 rings (SSSR count). The average molecular weight is 277 g/mol. The Bertz CT molecular complexity index is 475. The lowest BCUT2D eigenvalue weighted by molar-refractivity contribution is 0.168. The number of hydrogen-bond acceptors (Lipinski definition) is 6. The Kier molecular flexibility index (Phi) is 3.76. The van der Waals surface area contributed by atoms with E-state index in [1.165, 1.54) is 25.7 Å². The van der Waals surface area contributed by atoms with Gasteiger partial charge in [0.2, 0.25) is 5.95 Å². The molecule has 2 atom stereocenters. The molecular formula is C14H23N5O. The SMILES string of the molecule is CNC1CN(c2cc(C3CCCC3)nc(N)n2)CC1O. The molecule has 1 saturated heterocycles. The van der Waals surface area contributed by atoms with Crippen molar-refractivity contribution in [3.63, 3.8) is 0 Å². The lowest BCUT2D eigenvalue weighted by atomic mass is 10.0. The first-order valence-electron chi connectivity index (χ1n) is 7.42. The van der Waals surface area contributed by atoms with Gasteiger partial charge >= 0.3 is 0 Å². The van der Waals surface area contributed by atoms with Crippen molar-refractivity contribution in [3.05, 3.63) is 11.8 Å². The van der Waals surface area contributed by atoms with Crippen molar-refractivity contribution in [2.24, 2.45) is 0 Å². The molecule has 2 aliphatic rings. The molecule has 2 unspecified atom stereocenters. The van der Waals surface area contributed by atoms with E-state index in [0.29, 0.717) is 18.4 Å². The van der Waals surface area contributed by atoms with E-state index in [9.17, 15) is 5.11 Å². The van der Waals surface area contributed by atoms with Gasteiger partial charge in [0.1, 0.15) is 5.82 Å². The van der Waals surface area contributed by atoms with Crippen LogP contribution in [0.15, 0.2) is 6.07 Å². The average Bonchev–Trinajstić information content (AvgIpc) is 3.07. The van der Waals surface area contributed by atoms with E-state index < -0.39 is 0 Å². The Hall–Kier alpha value is -1.40. The lowest BCUT2D eigenvalue weighted by Crippen LogP contribution is -2.36. The van der Waals surface area contributed by atoms with Crippen molar-refractivity contribution < 1.29 is 5.11 Å². The number of hydrogen-bond donors (Lipinski definition) is 3. The molecule has 4 N–H and O–H groups in total. The van der Waals surface area contributed by atoms with E-state index in [1.54, 1.807) is 0 Å². The highest BCUT2D eigenvalue weighted by atomic mass is 16.3. The van der Waals surface area contributed by atoms with Gasteiger partial charge in [0.25, 0.3) is 0 Å². The van der Waals surface area contributed by atoms with Gasteiger partial charge in [0, 0.05) is 25.1 Å². The molecule has 0 aromatic carbocycles. The third-order valence-corrected chi connectivity index (χ3v) is 4.51. The van der Waals surface area contributed by atoms with Gasteiger partial charge in [-0.05, 0) is 19.9 Å². The van der Waals surface area contributed by atoms with Crippen LogP contribution in [0.25, 0.3) is 0 Å². The van der Waals surface area contributed by atoms with Crippen molar-refractivity contribution in [2.75, 3.05) is 30.8 Å². The highest BCUT2D eigenvalue weighted by Crippen LogP contribution is 2.34. The van der Waals surface area contributed by atoms with Crippen LogP contribution in [0.2, 0.25) is 0 Å². The van der Waals surface area contributed by atoms with E-state index in [1.807, 2.05) is 7.05 Å². The number of aliphatic hydroxyl groups is 1. The third kappa shape index (κ3) is 2.58. The Morgan fingerprint density at radius 1 is 1.30 bits per heavy atom. The summed E-state index contributed by atoms with van der Waals surface area (Å²) in [6.07, 6.45) is 4.56. The number of β-amino-alcohol motifs (C(OH)–C–C–N with tert-alkyl or cyclic N) is 1. The summed E-state index contributed by atoms with van der Waals surface area (Å²) in [5, 5.41) is 13.1. The van der Waals surface area contributed by atoms with Crippen LogP contribution in [0.3, 0.4) is 0 Å². The number of aromatic nitrogens is 2. The van der Waals surface area contributed by atoms with E-state index in [2.05, 4.69) is 26.3 Å². The Labute approximate surface area is 119 Å². The van der Waals surface area contributed by atoms with Gasteiger partial charge in [-0.1, -0.05) is 12.8 Å². The van der Waals surface area contributed by atoms with Crippen LogP contribution in [0.5, 0.6) is 0 Å². The fourth-order valence-electron chi connectivity index (χ4n) is 3.32. The number of nitrogens with two attached hydrogens (primary N) is 1. The van der Waals surface area contributed by atoms with Crippen molar-refractivity contribution >= 4 is 11.8 Å². The Morgan fingerprint density at radius 3 is 2.70 bits per heavy atom. The molecule has 0 amide bonds. The molecule has 1 aliphatic carbocycles. The zero-order valence-electron chi connectivity index (χ0n) is 11.9. The van der Waals surface area contributed by atoms with Gasteiger partial charge in [0.05, 0.1) is 17.8 Å². The largest absolute Gasteiger partial charge is 0.390 e. The molecule has 1 aromatic heterocycles. The van der Waals surface area contributed by atoms with Crippen LogP contribution >= 0.6 is 0 Å². The summed E-state index contributed by atoms with van der Waals surface area (Å²) < 4.78 is 0. The molecule has 2 fully saturated rings. The summed E-state index contributed by atoms with van der Waals surface area (Å²) in [6, 6.07) is 2.14. The maximum atomic E-state index is 9.99. The highest BCUT2D eigenvalue weighted by Gasteiger charge is 2.31. The second kappa shape index (κ2) is 5.54. The molecule has 1 aromatic rings. The van der Waals surface area contributed by atoms with Crippen molar-refractivity contribution in [3.8, 4) is 0 Å². The highest BCUT2D eigenvalue weighted by molar-refractivity contribution is 5.46. The minimum atomic E-state index is -0.369. The summed E-state index contributed by atoms with van der Waals surface area (Å²) >= 11 is 0. The maximum absolute atomic E-state index is 9.99. The van der Waals surface area contributed by atoms with Gasteiger partial charge in [-0.2, -0.15) is 4.98 Å². The fraction of sp³-hybridized carbons (Fsp3) is 0.714. The zero-order valence-corrected chi connectivity index (χ0v) is 11.9. The number of aliphatic hydroxyl groups excluding tert-OH is 1. The molecule has 0 spiro atoms. The normalized spacial score (nSPS) is 27.4. The van der Waals surface area contributed by atoms with E-state index in [-0.39, 0.29) is 12.1 Å². The molecule has 1 saturated carbocycles. The number of nitrogens with one attached hydrogen (secondary N) is 1. The summed E-state index contributed by atoms with van der Waals surface area (Å²) in [7, 11) is 1.87. The second-order valence-electron chi connectivity index (χ2n) is 5.86. The van der Waals surface area contributed by atoms with E-state index in [4.69, 9.17) is 5.73 Å². The van der Waals surface area contributed by atoms with Crippen LogP contribution < -0.4 is 16.0 Å². The van der Waals surface area contributed by atoms with Crippen molar-refractivity contribution in [1.29, 1.82) is 0 Å². The van der Waals surface area contributed by atoms with Crippen molar-refractivity contribution in [2.45, 2.75) is 43.7 Å². The summed E-state index contributed by atoms with van der Waals surface area (Å²) in [4.78, 5) is 10.8. The summed E-state index contributed by atoms with van der Waals surface area (Å²) in [6.45, 7) is 1.34. The molecule has 20 heavy (non-hydrogen) atoms. The zero-order chi connectivity index (χ0) is 14.1. The first kappa shape index (κ1) is 13.6. The number of anilines is 2. The van der Waals surface area contributed by atoms with E-state index in [0.717, 1.165) is 18.1 Å². The number of nitrogen functional groups attached to an aromatic ring is 1. The van der Waals surface area contributed by atoms with E-state index >= 15 is 0 Å². The number of nitrogens with zero attached hydrogens (tertiary/aromatic N) is 3. The van der Waals surface area contributed by atoms with Crippen LogP contribution in [-0.4, -0.2) is 47.4 Å². The van der Waals surface area contributed by atoms with Gasteiger partial charge in [-0.3, -0.25) is 0 Å². The molecular weight excluding hydrogens is 254 g/mol. The second-order valence-corrected chi connectivity index (χ2v) is 5.86. The maximum Gasteiger partial charge on any atom is 0.222 e. The Morgan fingerprint density at radius 2 is 2.05 bits per heavy atom. The standard InChI is InChI=1S/C14H23N5O/c1-16-11-7-19(8-12(11)20)13-6-10(17-14(15)18-13)9-4-2-3-5-9/h6,9,11-12,16,20H,2-5,7-8H2,1H3,(H2,15,17,18). The first-order valence-corrected chi connectivity index (χ1v) is 7.42. The fourth-order valence-corrected chi connectivity index (χ4v) is 3.32. The lowest BCUT2D eigenvalue weighted by Gasteiger charge is -2.19. The van der Waals surface area contributed by atoms with Crippen molar-refractivity contribution in [1.82, 2.24) is 15.3 Å². The quantitative estimate of drug-likeness (QED) is 0.745. The van der Waals surface area contributed by atoms with Gasteiger partial charge in [0.15, 0.2) is 0 Å². The predicted molar refractivity (Wildman–Crippen MR) is 78.7 cm³/mol. The minimum Gasteiger partial charge on any atom is -0.390 e. The smallest absolute Gasteiger partial charge is 0.222 e. The monoisotopic (exact) mass is 277 g/mol. The van der Waals surface area contributed by atoms with Crippen LogP contribution in [0.1, 0.15) is 37.3 Å².